The molecule has 0 aliphatic rings. The van der Waals surface area contributed by atoms with Gasteiger partial charge in [-0.2, -0.15) is 4.68 Å². The summed E-state index contributed by atoms with van der Waals surface area (Å²) in [5, 5.41) is 25.9. The van der Waals surface area contributed by atoms with E-state index in [4.69, 9.17) is 20.6 Å². The summed E-state index contributed by atoms with van der Waals surface area (Å²) in [5.74, 6) is -1.54. The van der Waals surface area contributed by atoms with Crippen LogP contribution in [0.5, 0.6) is 11.5 Å². The standard InChI is InChI=1S/C23H21FN6O5S/c1-34-16-9-13(14(24)10-17(16)35-2)18(27-12-5-3-11(4-6-12)20(25)26)21-28-23(33)30(29-21)15-7-8-36-19(15)22(31)32/h3-10,18,27H,1-2H3,(H3,25,26)(H,31,32)(H,28,29,33)/t18-/m0/s1. The fourth-order valence-electron chi connectivity index (χ4n) is 3.56. The molecule has 2 aromatic heterocycles. The number of H-pyrrole nitrogens is 1. The van der Waals surface area contributed by atoms with Crippen molar-refractivity contribution in [2.24, 2.45) is 5.73 Å². The van der Waals surface area contributed by atoms with E-state index in [0.717, 1.165) is 22.1 Å². The number of aromatic nitrogens is 3. The van der Waals surface area contributed by atoms with Crippen molar-refractivity contribution in [1.82, 2.24) is 14.8 Å². The van der Waals surface area contributed by atoms with E-state index in [2.05, 4.69) is 15.4 Å². The van der Waals surface area contributed by atoms with E-state index >= 15 is 4.39 Å². The number of amidine groups is 1. The van der Waals surface area contributed by atoms with Crippen molar-refractivity contribution in [1.29, 1.82) is 5.41 Å². The zero-order valence-corrected chi connectivity index (χ0v) is 19.9. The first-order chi connectivity index (χ1) is 17.2. The summed E-state index contributed by atoms with van der Waals surface area (Å²) in [4.78, 5) is 26.9. The Morgan fingerprint density at radius 2 is 1.89 bits per heavy atom. The van der Waals surface area contributed by atoms with E-state index in [-0.39, 0.29) is 39.3 Å². The van der Waals surface area contributed by atoms with Crippen LogP contribution >= 0.6 is 11.3 Å². The maximum Gasteiger partial charge on any atom is 0.348 e. The largest absolute Gasteiger partial charge is 0.493 e. The number of anilines is 1. The van der Waals surface area contributed by atoms with Gasteiger partial charge in [0.2, 0.25) is 0 Å². The van der Waals surface area contributed by atoms with Crippen LogP contribution in [-0.4, -0.2) is 45.9 Å². The van der Waals surface area contributed by atoms with Crippen molar-refractivity contribution in [3.63, 3.8) is 0 Å². The molecule has 0 spiro atoms. The number of carbonyl (C=O) groups is 1. The lowest BCUT2D eigenvalue weighted by atomic mass is 10.0. The number of ether oxygens (including phenoxy) is 2. The lowest BCUT2D eigenvalue weighted by Crippen LogP contribution is -2.17. The first-order valence-corrected chi connectivity index (χ1v) is 11.2. The molecule has 1 atom stereocenters. The van der Waals surface area contributed by atoms with Crippen LogP contribution in [0.15, 0.2) is 52.6 Å². The number of hydrogen-bond acceptors (Lipinski definition) is 8. The van der Waals surface area contributed by atoms with E-state index in [0.29, 0.717) is 11.3 Å². The number of aromatic carboxylic acids is 1. The summed E-state index contributed by atoms with van der Waals surface area (Å²) < 4.78 is 26.7. The van der Waals surface area contributed by atoms with E-state index in [1.807, 2.05) is 0 Å². The summed E-state index contributed by atoms with van der Waals surface area (Å²) in [6, 6.07) is 9.49. The molecule has 0 amide bonds. The molecular formula is C23H21FN6O5S. The van der Waals surface area contributed by atoms with Crippen molar-refractivity contribution in [2.75, 3.05) is 19.5 Å². The normalized spacial score (nSPS) is 11.6. The second kappa shape index (κ2) is 9.92. The molecule has 0 fully saturated rings. The molecular weight excluding hydrogens is 491 g/mol. The third kappa shape index (κ3) is 4.63. The third-order valence-corrected chi connectivity index (χ3v) is 6.19. The van der Waals surface area contributed by atoms with Crippen LogP contribution in [0.2, 0.25) is 0 Å². The van der Waals surface area contributed by atoms with Crippen LogP contribution in [0.1, 0.15) is 32.7 Å². The van der Waals surface area contributed by atoms with Gasteiger partial charge in [-0.15, -0.1) is 16.4 Å². The second-order valence-corrected chi connectivity index (χ2v) is 8.38. The average molecular weight is 513 g/mol. The van der Waals surface area contributed by atoms with Gasteiger partial charge < -0.3 is 25.6 Å². The lowest BCUT2D eigenvalue weighted by molar-refractivity contribution is 0.0702. The fourth-order valence-corrected chi connectivity index (χ4v) is 4.27. The quantitative estimate of drug-likeness (QED) is 0.168. The van der Waals surface area contributed by atoms with Gasteiger partial charge in [0.15, 0.2) is 17.3 Å². The molecule has 0 radical (unpaired) electrons. The van der Waals surface area contributed by atoms with Gasteiger partial charge in [-0.3, -0.25) is 10.4 Å². The number of nitrogens with zero attached hydrogens (tertiary/aromatic N) is 2. The van der Waals surface area contributed by atoms with Crippen LogP contribution in [-0.2, 0) is 0 Å². The molecule has 13 heteroatoms. The lowest BCUT2D eigenvalue weighted by Gasteiger charge is -2.20. The smallest absolute Gasteiger partial charge is 0.348 e. The summed E-state index contributed by atoms with van der Waals surface area (Å²) >= 11 is 0.946. The number of thiophene rings is 1. The minimum absolute atomic E-state index is 0.0179. The molecule has 0 unspecified atom stereocenters. The minimum Gasteiger partial charge on any atom is -0.493 e. The van der Waals surface area contributed by atoms with Crippen molar-refractivity contribution in [3.8, 4) is 17.2 Å². The summed E-state index contributed by atoms with van der Waals surface area (Å²) in [6.45, 7) is 0. The van der Waals surface area contributed by atoms with Gasteiger partial charge in [0.1, 0.15) is 22.6 Å². The van der Waals surface area contributed by atoms with Crippen molar-refractivity contribution in [2.45, 2.75) is 6.04 Å². The number of nitrogens with two attached hydrogens (primary N) is 1. The third-order valence-electron chi connectivity index (χ3n) is 5.30. The maximum absolute atomic E-state index is 15.3. The molecule has 0 saturated carbocycles. The Morgan fingerprint density at radius 1 is 1.22 bits per heavy atom. The zero-order chi connectivity index (χ0) is 26.0. The fraction of sp³-hybridized carbons (Fsp3) is 0.130. The molecule has 0 aliphatic carbocycles. The molecule has 4 rings (SSSR count). The number of nitrogens with one attached hydrogen (secondary N) is 3. The van der Waals surface area contributed by atoms with Gasteiger partial charge in [0.05, 0.1) is 19.9 Å². The first-order valence-electron chi connectivity index (χ1n) is 10.4. The highest BCUT2D eigenvalue weighted by molar-refractivity contribution is 7.12. The molecule has 0 bridgehead atoms. The number of methoxy groups -OCH3 is 2. The molecule has 2 heterocycles. The van der Waals surface area contributed by atoms with Crippen LogP contribution in [0.25, 0.3) is 5.69 Å². The SMILES string of the molecule is COc1cc(F)c([C@H](Nc2ccc(C(=N)N)cc2)c2nn(-c3ccsc3C(=O)O)c(=O)[nH]2)cc1OC. The van der Waals surface area contributed by atoms with Crippen molar-refractivity contribution in [3.05, 3.63) is 86.0 Å². The molecule has 0 saturated heterocycles. The summed E-state index contributed by atoms with van der Waals surface area (Å²) in [7, 11) is 2.78. The molecule has 36 heavy (non-hydrogen) atoms. The number of nitrogen functional groups attached to an aromatic ring is 1. The van der Waals surface area contributed by atoms with Gasteiger partial charge in [-0.25, -0.2) is 14.0 Å². The predicted octanol–water partition coefficient (Wildman–Crippen LogP) is 2.96. The number of hydrogen-bond donors (Lipinski definition) is 5. The van der Waals surface area contributed by atoms with Gasteiger partial charge in [0, 0.05) is 22.9 Å². The first kappa shape index (κ1) is 24.5. The Morgan fingerprint density at radius 3 is 2.50 bits per heavy atom. The van der Waals surface area contributed by atoms with Crippen molar-refractivity contribution >= 4 is 28.8 Å². The second-order valence-electron chi connectivity index (χ2n) is 7.46. The van der Waals surface area contributed by atoms with Gasteiger partial charge in [-0.1, -0.05) is 0 Å². The van der Waals surface area contributed by atoms with E-state index in [1.165, 1.54) is 31.7 Å². The molecule has 0 aliphatic heterocycles. The molecule has 11 nitrogen and oxygen atoms in total. The number of halogens is 1. The topological polar surface area (TPSA) is 168 Å². The minimum atomic E-state index is -1.21. The van der Waals surface area contributed by atoms with Gasteiger partial charge >= 0.3 is 11.7 Å². The average Bonchev–Trinajstić information content (AvgIpc) is 3.49. The van der Waals surface area contributed by atoms with Gasteiger partial charge in [0.25, 0.3) is 0 Å². The van der Waals surface area contributed by atoms with Crippen LogP contribution < -0.4 is 26.2 Å². The Balaban J connectivity index is 1.85. The highest BCUT2D eigenvalue weighted by Crippen LogP contribution is 2.35. The Kier molecular flexibility index (Phi) is 6.74. The Hall–Kier alpha value is -4.65. The number of benzene rings is 2. The maximum atomic E-state index is 15.3. The van der Waals surface area contributed by atoms with E-state index in [9.17, 15) is 14.7 Å². The number of carboxylic acid groups (broad SMARTS) is 1. The summed E-state index contributed by atoms with van der Waals surface area (Å²) in [5.41, 5.74) is 5.98. The highest BCUT2D eigenvalue weighted by atomic mass is 32.1. The van der Waals surface area contributed by atoms with Crippen LogP contribution in [0.4, 0.5) is 10.1 Å². The number of carboxylic acids is 1. The zero-order valence-electron chi connectivity index (χ0n) is 19.0. The number of rotatable bonds is 9. The molecule has 2 aromatic carbocycles. The van der Waals surface area contributed by atoms with E-state index < -0.39 is 23.5 Å². The Labute approximate surface area is 207 Å². The van der Waals surface area contributed by atoms with E-state index in [1.54, 1.807) is 24.3 Å². The van der Waals surface area contributed by atoms with Gasteiger partial charge in [-0.05, 0) is 41.8 Å². The van der Waals surface area contributed by atoms with Crippen LogP contribution in [0.3, 0.4) is 0 Å². The summed E-state index contributed by atoms with van der Waals surface area (Å²) in [6.07, 6.45) is 0. The predicted molar refractivity (Wildman–Crippen MR) is 131 cm³/mol. The Bertz CT molecular complexity index is 1490. The van der Waals surface area contributed by atoms with Crippen molar-refractivity contribution < 1.29 is 23.8 Å². The molecule has 4 aromatic rings. The molecule has 6 N–H and O–H groups in total. The monoisotopic (exact) mass is 512 g/mol. The van der Waals surface area contributed by atoms with Crippen LogP contribution in [0, 0.1) is 11.2 Å². The highest BCUT2D eigenvalue weighted by Gasteiger charge is 2.26. The molecule has 186 valence electrons. The number of aromatic amines is 1.